The van der Waals surface area contributed by atoms with Gasteiger partial charge in [0.25, 0.3) is 0 Å². The second-order valence-electron chi connectivity index (χ2n) is 8.82. The molecule has 0 spiro atoms. The van der Waals surface area contributed by atoms with Crippen LogP contribution in [-0.4, -0.2) is 12.7 Å². The molecular formula is C27H40NSiTi. The van der Waals surface area contributed by atoms with Crippen molar-refractivity contribution in [1.82, 2.24) is 3.80 Å². The molecule has 2 aromatic carbocycles. The standard InChI is InChI=1S/C12H10.C9H13.C4H10N.C2H7Si.Ti/c1-3-7-11(8-4-1)12-9-5-2-6-10-12;1-6-5-7(2)9(4)8(6)3;1-3-4(2)5;1-3-2;/h1-10H;6H,1-4H3;4-5H,3H2,1-2H3;3H,1-2H3;/q;;-1;;+1. The van der Waals surface area contributed by atoms with E-state index in [-0.39, 0.29) is 0 Å². The van der Waals surface area contributed by atoms with E-state index in [0.29, 0.717) is 12.0 Å². The van der Waals surface area contributed by atoms with Gasteiger partial charge in [-0.15, -0.1) is 0 Å². The second-order valence-corrected chi connectivity index (χ2v) is 21.5. The minimum Gasteiger partial charge on any atom is -0.0622 e. The van der Waals surface area contributed by atoms with Crippen LogP contribution in [0.25, 0.3) is 11.1 Å². The molecule has 0 radical (unpaired) electrons. The zero-order valence-corrected chi connectivity index (χ0v) is 22.9. The molecule has 1 aliphatic rings. The van der Waals surface area contributed by atoms with E-state index in [1.165, 1.54) is 17.5 Å². The van der Waals surface area contributed by atoms with Gasteiger partial charge in [-0.2, -0.15) is 0 Å². The van der Waals surface area contributed by atoms with Crippen molar-refractivity contribution in [2.45, 2.75) is 67.1 Å². The van der Waals surface area contributed by atoms with Gasteiger partial charge in [-0.1, -0.05) is 60.7 Å². The van der Waals surface area contributed by atoms with E-state index >= 15 is 0 Å². The summed E-state index contributed by atoms with van der Waals surface area (Å²) in [5, 5.41) is 0. The van der Waals surface area contributed by atoms with Gasteiger partial charge < -0.3 is 0 Å². The third-order valence-corrected chi connectivity index (χ3v) is 18.4. The Morgan fingerprint density at radius 2 is 1.33 bits per heavy atom. The Morgan fingerprint density at radius 1 is 0.867 bits per heavy atom. The van der Waals surface area contributed by atoms with E-state index in [4.69, 9.17) is 0 Å². The molecule has 0 aliphatic heterocycles. The average Bonchev–Trinajstić information content (AvgIpc) is 2.96. The van der Waals surface area contributed by atoms with Crippen molar-refractivity contribution in [2.75, 3.05) is 0 Å². The van der Waals surface area contributed by atoms with Crippen LogP contribution in [0.3, 0.4) is 0 Å². The summed E-state index contributed by atoms with van der Waals surface area (Å²) in [6, 6.07) is 21.5. The van der Waals surface area contributed by atoms with Gasteiger partial charge in [0.1, 0.15) is 0 Å². The van der Waals surface area contributed by atoms with Crippen molar-refractivity contribution in [3.05, 3.63) is 81.3 Å². The summed E-state index contributed by atoms with van der Waals surface area (Å²) in [5.74, 6) is 0.714. The molecule has 2 atom stereocenters. The molecule has 1 nitrogen and oxygen atoms in total. The Bertz CT molecular complexity index is 817. The molecule has 0 amide bonds. The molecule has 1 aliphatic carbocycles. The molecule has 3 heteroatoms. The molecule has 0 saturated carbocycles. The SMILES string of the molecule is CCC(C)[NH][Ti]([C]1=C(C)C(C)=C(C)C1C)[SiH](C)C.c1ccc(-c2ccccc2)cc1. The zero-order chi connectivity index (χ0) is 22.3. The van der Waals surface area contributed by atoms with Crippen molar-refractivity contribution in [1.29, 1.82) is 0 Å². The van der Waals surface area contributed by atoms with Crippen LogP contribution in [0.2, 0.25) is 13.1 Å². The topological polar surface area (TPSA) is 12.0 Å². The van der Waals surface area contributed by atoms with Crippen molar-refractivity contribution in [2.24, 2.45) is 5.92 Å². The minimum absolute atomic E-state index is 0.569. The Morgan fingerprint density at radius 3 is 1.67 bits per heavy atom. The van der Waals surface area contributed by atoms with Gasteiger partial charge in [0.2, 0.25) is 0 Å². The largest absolute Gasteiger partial charge is 0.0622 e. The van der Waals surface area contributed by atoms with Crippen LogP contribution in [0.1, 0.15) is 48.0 Å². The fourth-order valence-corrected chi connectivity index (χ4v) is 15.9. The van der Waals surface area contributed by atoms with E-state index in [0.717, 1.165) is 0 Å². The van der Waals surface area contributed by atoms with E-state index in [2.05, 4.69) is 107 Å². The van der Waals surface area contributed by atoms with Crippen LogP contribution < -0.4 is 3.80 Å². The first-order valence-corrected chi connectivity index (χ1v) is 18.6. The van der Waals surface area contributed by atoms with Gasteiger partial charge in [-0.3, -0.25) is 0 Å². The second kappa shape index (κ2) is 12.0. The van der Waals surface area contributed by atoms with E-state index in [1.54, 1.807) is 16.7 Å². The number of rotatable bonds is 6. The number of allylic oxidation sites excluding steroid dienone is 4. The van der Waals surface area contributed by atoms with Gasteiger partial charge in [-0.05, 0) is 11.1 Å². The van der Waals surface area contributed by atoms with Gasteiger partial charge in [0.15, 0.2) is 0 Å². The third kappa shape index (κ3) is 6.40. The molecule has 30 heavy (non-hydrogen) atoms. The summed E-state index contributed by atoms with van der Waals surface area (Å²) >= 11 is -1.21. The quantitative estimate of drug-likeness (QED) is 0.446. The smallest absolute Gasteiger partial charge is 0.0184 e. The first-order valence-electron chi connectivity index (χ1n) is 11.4. The summed E-state index contributed by atoms with van der Waals surface area (Å²) in [6.07, 6.45) is 1.25. The molecule has 0 saturated heterocycles. The predicted octanol–water partition coefficient (Wildman–Crippen LogP) is 7.50. The van der Waals surface area contributed by atoms with Crippen LogP contribution >= 0.6 is 0 Å². The fraction of sp³-hybridized carbons (Fsp3) is 0.407. The normalized spacial score (nSPS) is 17.2. The molecule has 0 heterocycles. The zero-order valence-electron chi connectivity index (χ0n) is 20.2. The predicted molar refractivity (Wildman–Crippen MR) is 134 cm³/mol. The molecule has 3 rings (SSSR count). The monoisotopic (exact) mass is 454 g/mol. The van der Waals surface area contributed by atoms with Gasteiger partial charge in [0.05, 0.1) is 0 Å². The van der Waals surface area contributed by atoms with Gasteiger partial charge in [-0.25, -0.2) is 0 Å². The van der Waals surface area contributed by atoms with Crippen LogP contribution in [0.4, 0.5) is 0 Å². The molecule has 2 unspecified atom stereocenters. The molecule has 0 fully saturated rings. The molecule has 1 N–H and O–H groups in total. The Balaban J connectivity index is 0.000000230. The molecule has 0 aromatic heterocycles. The van der Waals surface area contributed by atoms with Crippen LogP contribution in [0, 0.1) is 5.92 Å². The fourth-order valence-electron chi connectivity index (χ4n) is 3.98. The number of benzene rings is 2. The maximum absolute atomic E-state index is 4.05. The van der Waals surface area contributed by atoms with Crippen LogP contribution in [0.5, 0.6) is 0 Å². The first-order chi connectivity index (χ1) is 14.3. The third-order valence-electron chi connectivity index (χ3n) is 6.40. The van der Waals surface area contributed by atoms with Crippen molar-refractivity contribution in [3.8, 4) is 11.1 Å². The maximum atomic E-state index is 4.05. The van der Waals surface area contributed by atoms with Crippen LogP contribution in [0.15, 0.2) is 81.3 Å². The number of hydrogen-bond acceptors (Lipinski definition) is 1. The van der Waals surface area contributed by atoms with Crippen molar-refractivity contribution < 1.29 is 17.4 Å². The van der Waals surface area contributed by atoms with Gasteiger partial charge >= 0.3 is 121 Å². The van der Waals surface area contributed by atoms with Crippen molar-refractivity contribution in [3.63, 3.8) is 0 Å². The minimum atomic E-state index is -1.21. The van der Waals surface area contributed by atoms with Crippen molar-refractivity contribution >= 4 is 6.66 Å². The van der Waals surface area contributed by atoms with Crippen LogP contribution in [-0.2, 0) is 17.4 Å². The Hall–Kier alpha value is -1.19. The summed E-state index contributed by atoms with van der Waals surface area (Å²) in [4.78, 5) is 0. The van der Waals surface area contributed by atoms with E-state index in [1.807, 2.05) is 16.0 Å². The molecule has 161 valence electrons. The molecule has 2 aromatic rings. The first kappa shape index (κ1) is 25.1. The average molecular weight is 455 g/mol. The summed E-state index contributed by atoms with van der Waals surface area (Å²) in [7, 11) is 0. The molecule has 0 bridgehead atoms. The summed E-state index contributed by atoms with van der Waals surface area (Å²) in [6.45, 7) is 18.6. The Labute approximate surface area is 192 Å². The summed E-state index contributed by atoms with van der Waals surface area (Å²) in [5.41, 5.74) is 7.37. The molecular weight excluding hydrogens is 414 g/mol. The van der Waals surface area contributed by atoms with E-state index < -0.39 is 24.0 Å². The van der Waals surface area contributed by atoms with E-state index in [9.17, 15) is 0 Å². The summed E-state index contributed by atoms with van der Waals surface area (Å²) < 4.78 is 5.91. The Kier molecular flexibility index (Phi) is 10.0. The number of hydrogen-bond donors (Lipinski definition) is 1. The van der Waals surface area contributed by atoms with Gasteiger partial charge in [0, 0.05) is 0 Å². The number of nitrogens with one attached hydrogen (secondary N) is 1. The maximum Gasteiger partial charge on any atom is -0.0184 e.